The minimum atomic E-state index is -0.684. The largest absolute Gasteiger partial charge is 0.453 e. The summed E-state index contributed by atoms with van der Waals surface area (Å²) in [4.78, 5) is 73.4. The molecule has 7 aliphatic rings. The number of aromatic nitrogens is 4. The number of hydrogen-bond donors (Lipinski definition) is 4. The van der Waals surface area contributed by atoms with Crippen molar-refractivity contribution in [3.05, 3.63) is 70.6 Å². The molecular weight excluding hydrogens is 833 g/mol. The Morgan fingerprint density at radius 3 is 1.53 bits per heavy atom. The van der Waals surface area contributed by atoms with Crippen LogP contribution in [0.2, 0.25) is 0 Å². The number of fused-ring (bicyclic) bond motifs is 8. The third-order valence-electron chi connectivity index (χ3n) is 17.2. The minimum absolute atomic E-state index is 0.101. The van der Waals surface area contributed by atoms with Gasteiger partial charge in [-0.1, -0.05) is 58.9 Å². The van der Waals surface area contributed by atoms with Crippen LogP contribution in [0.3, 0.4) is 0 Å². The Kier molecular flexibility index (Phi) is 10.4. The summed E-state index contributed by atoms with van der Waals surface area (Å²) in [5.74, 6) is 3.91. The Morgan fingerprint density at radius 1 is 0.652 bits per heavy atom. The van der Waals surface area contributed by atoms with Crippen LogP contribution in [0.25, 0.3) is 33.6 Å². The van der Waals surface area contributed by atoms with Crippen LogP contribution in [0, 0.1) is 23.2 Å². The molecule has 4 N–H and O–H groups in total. The van der Waals surface area contributed by atoms with E-state index in [4.69, 9.17) is 19.4 Å². The molecule has 2 saturated heterocycles. The van der Waals surface area contributed by atoms with E-state index in [0.29, 0.717) is 48.1 Å². The predicted molar refractivity (Wildman–Crippen MR) is 248 cm³/mol. The van der Waals surface area contributed by atoms with Crippen LogP contribution >= 0.6 is 0 Å². The Morgan fingerprint density at radius 2 is 1.08 bits per heavy atom. The van der Waals surface area contributed by atoms with Gasteiger partial charge in [-0.3, -0.25) is 9.59 Å². The van der Waals surface area contributed by atoms with Gasteiger partial charge in [-0.25, -0.2) is 19.6 Å². The molecule has 0 radical (unpaired) electrons. The van der Waals surface area contributed by atoms with Gasteiger partial charge in [0.2, 0.25) is 11.8 Å². The first-order valence-electron chi connectivity index (χ1n) is 24.5. The Labute approximate surface area is 386 Å². The van der Waals surface area contributed by atoms with Gasteiger partial charge in [0.15, 0.2) is 0 Å². The van der Waals surface area contributed by atoms with Crippen molar-refractivity contribution in [2.45, 2.75) is 140 Å². The third kappa shape index (κ3) is 6.53. The molecule has 4 amide bonds. The molecule has 11 rings (SSSR count). The molecule has 2 aromatic heterocycles. The molecule has 5 fully saturated rings. The summed E-state index contributed by atoms with van der Waals surface area (Å²) in [6, 6.07) is 7.69. The van der Waals surface area contributed by atoms with Crippen LogP contribution in [-0.4, -0.2) is 93.1 Å². The first-order chi connectivity index (χ1) is 31.8. The molecule has 4 heterocycles. The number of aromatic amines is 2. The van der Waals surface area contributed by atoms with Crippen LogP contribution in [0.15, 0.2) is 36.7 Å². The number of H-pyrrole nitrogens is 2. The number of amides is 4. The third-order valence-corrected chi connectivity index (χ3v) is 17.2. The van der Waals surface area contributed by atoms with E-state index in [1.165, 1.54) is 90.8 Å². The second-order valence-corrected chi connectivity index (χ2v) is 21.4. The summed E-state index contributed by atoms with van der Waals surface area (Å²) < 4.78 is 9.71. The number of rotatable bonds is 11. The maximum Gasteiger partial charge on any atom is 0.407 e. The fraction of sp³-hybridized carbons (Fsp3) is 0.577. The standard InChI is InChI=1S/C52H64N8O6/c1-25(2)44(57-50(63)65-6)48(61)59-18-8-10-37(59)46-53-23-35(55-46)31-16-14-29(39-27-12-13-28(20-27)40(31)39)30-15-17-32(42-34-22-52(5)21-33(41(30)42)43(34)52)36-24-54-47(56-36)38-11-9-19-60(38)49(62)45(26(3)4)58-51(64)66-7/h14-17,23-28,33-34,37-38,43-45H,8-13,18-22H2,1-7H3,(H,53,55)(H,54,56)(H,57,63)(H,58,64)/t27?,28?,33?,34?,37-,38-,43?,44-,45-,52?/m0/s1. The van der Waals surface area contributed by atoms with Gasteiger partial charge in [0.1, 0.15) is 23.7 Å². The summed E-state index contributed by atoms with van der Waals surface area (Å²) in [6.45, 7) is 11.5. The average Bonchev–Trinajstić information content (AvgIpc) is 4.17. The number of nitrogens with one attached hydrogen (secondary N) is 4. The lowest BCUT2D eigenvalue weighted by molar-refractivity contribution is -0.136. The van der Waals surface area contributed by atoms with E-state index in [1.807, 2.05) is 49.9 Å². The summed E-state index contributed by atoms with van der Waals surface area (Å²) >= 11 is 0. The molecule has 6 unspecified atom stereocenters. The minimum Gasteiger partial charge on any atom is -0.453 e. The van der Waals surface area contributed by atoms with Gasteiger partial charge < -0.3 is 39.9 Å². The lowest BCUT2D eigenvalue weighted by atomic mass is 9.41. The number of benzene rings is 2. The van der Waals surface area contributed by atoms with E-state index in [2.05, 4.69) is 51.8 Å². The van der Waals surface area contributed by atoms with Crippen molar-refractivity contribution < 1.29 is 28.7 Å². The highest BCUT2D eigenvalue weighted by atomic mass is 16.5. The van der Waals surface area contributed by atoms with E-state index < -0.39 is 24.3 Å². The number of ether oxygens (including phenoxy) is 2. The Balaban J connectivity index is 0.920. The lowest BCUT2D eigenvalue weighted by Crippen LogP contribution is -2.53. The van der Waals surface area contributed by atoms with Gasteiger partial charge in [0.25, 0.3) is 0 Å². The van der Waals surface area contributed by atoms with Crippen molar-refractivity contribution in [3.63, 3.8) is 0 Å². The van der Waals surface area contributed by atoms with Crippen molar-refractivity contribution in [1.82, 2.24) is 40.4 Å². The van der Waals surface area contributed by atoms with Crippen molar-refractivity contribution >= 4 is 24.0 Å². The summed E-state index contributed by atoms with van der Waals surface area (Å²) in [7, 11) is 2.64. The second-order valence-electron chi connectivity index (χ2n) is 21.4. The molecule has 0 spiro atoms. The van der Waals surface area contributed by atoms with Gasteiger partial charge in [-0.15, -0.1) is 0 Å². The van der Waals surface area contributed by atoms with E-state index in [-0.39, 0.29) is 35.7 Å². The molecule has 2 aromatic carbocycles. The normalized spacial score (nSPS) is 28.4. The first kappa shape index (κ1) is 42.9. The monoisotopic (exact) mass is 896 g/mol. The molecule has 2 aliphatic heterocycles. The zero-order valence-corrected chi connectivity index (χ0v) is 39.3. The van der Waals surface area contributed by atoms with Crippen LogP contribution in [0.5, 0.6) is 0 Å². The second kappa shape index (κ2) is 16.0. The van der Waals surface area contributed by atoms with Crippen LogP contribution in [0.4, 0.5) is 9.59 Å². The quantitative estimate of drug-likeness (QED) is 0.115. The zero-order chi connectivity index (χ0) is 45.9. The van der Waals surface area contributed by atoms with E-state index in [0.717, 1.165) is 48.7 Å². The molecule has 14 heteroatoms. The zero-order valence-electron chi connectivity index (χ0n) is 39.3. The number of nitrogens with zero attached hydrogens (tertiary/aromatic N) is 4. The number of methoxy groups -OCH3 is 2. The predicted octanol–water partition coefficient (Wildman–Crippen LogP) is 9.20. The van der Waals surface area contributed by atoms with Gasteiger partial charge >= 0.3 is 12.2 Å². The molecule has 5 aliphatic carbocycles. The van der Waals surface area contributed by atoms with Crippen LogP contribution in [-0.2, 0) is 19.1 Å². The van der Waals surface area contributed by atoms with Crippen molar-refractivity contribution in [3.8, 4) is 33.6 Å². The first-order valence-corrected chi connectivity index (χ1v) is 24.5. The number of alkyl carbamates (subject to hydrolysis) is 2. The average molecular weight is 897 g/mol. The number of carbonyl (C=O) groups excluding carboxylic acids is 4. The topological polar surface area (TPSA) is 175 Å². The highest BCUT2D eigenvalue weighted by molar-refractivity contribution is 5.88. The Hall–Kier alpha value is -5.66. The van der Waals surface area contributed by atoms with Crippen molar-refractivity contribution in [2.24, 2.45) is 23.2 Å². The molecule has 14 nitrogen and oxygen atoms in total. The fourth-order valence-electron chi connectivity index (χ4n) is 14.2. The maximum atomic E-state index is 14.0. The highest BCUT2D eigenvalue weighted by Gasteiger charge is 2.68. The molecule has 348 valence electrons. The number of likely N-dealkylation sites (tertiary alicyclic amines) is 2. The fourth-order valence-corrected chi connectivity index (χ4v) is 14.2. The highest BCUT2D eigenvalue weighted by Crippen LogP contribution is 2.79. The molecule has 4 aromatic rings. The van der Waals surface area contributed by atoms with E-state index in [9.17, 15) is 19.2 Å². The summed E-state index contributed by atoms with van der Waals surface area (Å²) in [5.41, 5.74) is 13.6. The maximum absolute atomic E-state index is 14.0. The summed E-state index contributed by atoms with van der Waals surface area (Å²) in [5, 5.41) is 5.54. The summed E-state index contributed by atoms with van der Waals surface area (Å²) in [6.07, 6.45) is 12.1. The molecular formula is C52H64N8O6. The lowest BCUT2D eigenvalue weighted by Gasteiger charge is -2.62. The van der Waals surface area contributed by atoms with Crippen LogP contribution < -0.4 is 10.6 Å². The van der Waals surface area contributed by atoms with E-state index >= 15 is 0 Å². The molecule has 10 atom stereocenters. The van der Waals surface area contributed by atoms with Gasteiger partial charge in [-0.05, 0) is 138 Å². The smallest absolute Gasteiger partial charge is 0.407 e. The van der Waals surface area contributed by atoms with Gasteiger partial charge in [0.05, 0.1) is 50.1 Å². The van der Waals surface area contributed by atoms with Gasteiger partial charge in [0, 0.05) is 24.2 Å². The molecule has 3 saturated carbocycles. The molecule has 2 bridgehead atoms. The Bertz CT molecular complexity index is 2630. The SMILES string of the molecule is COC(=O)N[C@H](C(=O)N1CCC[C@H]1c1ncc(-c2ccc(-c3ccc(-c4cnc([C@@H]5CCCN5C(=O)[C@@H](NC(=O)OC)C(C)C)[nH]4)c4c3C3CC5(C)CC4C35)c3c2C2CCC3C2)[nH]1)C(C)C. The number of imidazole rings is 2. The number of carbonyl (C=O) groups is 4. The van der Waals surface area contributed by atoms with Gasteiger partial charge in [-0.2, -0.15) is 0 Å². The number of hydrogen-bond acceptors (Lipinski definition) is 8. The van der Waals surface area contributed by atoms with Crippen molar-refractivity contribution in [1.29, 1.82) is 0 Å². The van der Waals surface area contributed by atoms with E-state index in [1.54, 1.807) is 0 Å². The van der Waals surface area contributed by atoms with Crippen molar-refractivity contribution in [2.75, 3.05) is 27.3 Å². The van der Waals surface area contributed by atoms with Crippen LogP contribution in [0.1, 0.15) is 162 Å². The molecule has 66 heavy (non-hydrogen) atoms.